The summed E-state index contributed by atoms with van der Waals surface area (Å²) in [5, 5.41) is 0. The van der Waals surface area contributed by atoms with Gasteiger partial charge in [0.2, 0.25) is 5.91 Å². The topological polar surface area (TPSA) is 101 Å². The number of methoxy groups -OCH3 is 2. The van der Waals surface area contributed by atoms with Crippen molar-refractivity contribution in [3.05, 3.63) is 27.2 Å². The lowest BCUT2D eigenvalue weighted by atomic mass is 10.2. The Balaban J connectivity index is 2.07. The molecule has 0 bridgehead atoms. The molecule has 0 saturated carbocycles. The number of hydrogen-bond donors (Lipinski definition) is 0. The maximum absolute atomic E-state index is 12.4. The van der Waals surface area contributed by atoms with E-state index in [1.807, 2.05) is 0 Å². The first-order chi connectivity index (χ1) is 12.9. The molecule has 0 aliphatic heterocycles. The Morgan fingerprint density at radius 3 is 2.33 bits per heavy atom. The summed E-state index contributed by atoms with van der Waals surface area (Å²) in [5.74, 6) is 0.00817. The zero-order valence-corrected chi connectivity index (χ0v) is 16.3. The van der Waals surface area contributed by atoms with Gasteiger partial charge in [0.25, 0.3) is 5.56 Å². The summed E-state index contributed by atoms with van der Waals surface area (Å²) in [5.41, 5.74) is -0.0995. The third-order valence-electron chi connectivity index (χ3n) is 4.49. The predicted octanol–water partition coefficient (Wildman–Crippen LogP) is -0.665. The fourth-order valence-electron chi connectivity index (χ4n) is 2.89. The van der Waals surface area contributed by atoms with Crippen LogP contribution in [-0.4, -0.2) is 70.0 Å². The van der Waals surface area contributed by atoms with Gasteiger partial charge < -0.3 is 18.9 Å². The second kappa shape index (κ2) is 9.47. The largest absolute Gasteiger partial charge is 0.383 e. The fraction of sp³-hybridized carbons (Fsp3) is 0.647. The van der Waals surface area contributed by atoms with Crippen molar-refractivity contribution in [1.82, 2.24) is 23.6 Å². The number of ether oxygens (including phenoxy) is 2. The average Bonchev–Trinajstić information content (AvgIpc) is 3.08. The van der Waals surface area contributed by atoms with E-state index in [2.05, 4.69) is 4.98 Å². The number of aromatic nitrogens is 4. The Morgan fingerprint density at radius 1 is 1.11 bits per heavy atom. The van der Waals surface area contributed by atoms with E-state index in [1.54, 1.807) is 30.7 Å². The summed E-state index contributed by atoms with van der Waals surface area (Å²) in [6, 6.07) is 0. The highest BCUT2D eigenvalue weighted by atomic mass is 16.5. The highest BCUT2D eigenvalue weighted by molar-refractivity contribution is 5.76. The van der Waals surface area contributed by atoms with Crippen LogP contribution in [0.3, 0.4) is 0 Å². The van der Waals surface area contributed by atoms with Crippen molar-refractivity contribution in [3.63, 3.8) is 0 Å². The highest BCUT2D eigenvalue weighted by Gasteiger charge is 2.16. The summed E-state index contributed by atoms with van der Waals surface area (Å²) in [4.78, 5) is 42.7. The number of hydrogen-bond acceptors (Lipinski definition) is 6. The number of fused-ring (bicyclic) bond motifs is 1. The minimum absolute atomic E-state index is 0.00817. The molecule has 1 amide bonds. The smallest absolute Gasteiger partial charge is 0.332 e. The van der Waals surface area contributed by atoms with E-state index < -0.39 is 11.2 Å². The number of carbonyl (C=O) groups is 1. The lowest BCUT2D eigenvalue weighted by Gasteiger charge is -2.22. The van der Waals surface area contributed by atoms with Crippen molar-refractivity contribution in [2.75, 3.05) is 40.5 Å². The molecular formula is C17H27N5O5. The Kier molecular flexibility index (Phi) is 7.31. The van der Waals surface area contributed by atoms with Gasteiger partial charge in [-0.2, -0.15) is 0 Å². The van der Waals surface area contributed by atoms with Gasteiger partial charge in [-0.1, -0.05) is 0 Å². The molecule has 0 aliphatic rings. The van der Waals surface area contributed by atoms with Crippen LogP contribution in [0.2, 0.25) is 0 Å². The molecule has 0 fully saturated rings. The Labute approximate surface area is 156 Å². The summed E-state index contributed by atoms with van der Waals surface area (Å²) in [6.07, 6.45) is 2.41. The minimum atomic E-state index is -0.417. The van der Waals surface area contributed by atoms with Crippen LogP contribution in [0.5, 0.6) is 0 Å². The Hall–Kier alpha value is -2.46. The average molecular weight is 381 g/mol. The van der Waals surface area contributed by atoms with E-state index in [0.717, 1.165) is 4.57 Å². The number of imidazole rings is 1. The molecule has 150 valence electrons. The molecule has 0 spiro atoms. The zero-order valence-electron chi connectivity index (χ0n) is 16.3. The van der Waals surface area contributed by atoms with Gasteiger partial charge in [0.05, 0.1) is 19.5 Å². The number of carbonyl (C=O) groups excluding carboxylic acids is 1. The molecule has 0 unspecified atom stereocenters. The van der Waals surface area contributed by atoms with Gasteiger partial charge in [-0.3, -0.25) is 18.7 Å². The van der Waals surface area contributed by atoms with Gasteiger partial charge in [0.15, 0.2) is 11.2 Å². The van der Waals surface area contributed by atoms with Gasteiger partial charge in [0, 0.05) is 54.4 Å². The number of amides is 1. The highest BCUT2D eigenvalue weighted by Crippen LogP contribution is 2.08. The van der Waals surface area contributed by atoms with Crippen LogP contribution in [0.4, 0.5) is 0 Å². The molecule has 2 aromatic rings. The van der Waals surface area contributed by atoms with Crippen molar-refractivity contribution >= 4 is 17.1 Å². The Morgan fingerprint density at radius 2 is 1.74 bits per heavy atom. The quantitative estimate of drug-likeness (QED) is 0.541. The second-order valence-electron chi connectivity index (χ2n) is 6.29. The van der Waals surface area contributed by atoms with Crippen LogP contribution in [0, 0.1) is 0 Å². The first-order valence-corrected chi connectivity index (χ1v) is 8.78. The van der Waals surface area contributed by atoms with E-state index >= 15 is 0 Å². The third-order valence-corrected chi connectivity index (χ3v) is 4.49. The molecule has 27 heavy (non-hydrogen) atoms. The lowest BCUT2D eigenvalue weighted by molar-refractivity contribution is -0.132. The van der Waals surface area contributed by atoms with Gasteiger partial charge in [-0.25, -0.2) is 9.78 Å². The second-order valence-corrected chi connectivity index (χ2v) is 6.29. The molecule has 2 rings (SSSR count). The van der Waals surface area contributed by atoms with Gasteiger partial charge in [-0.15, -0.1) is 0 Å². The number of nitrogens with zero attached hydrogens (tertiary/aromatic N) is 5. The maximum atomic E-state index is 12.4. The molecule has 0 aromatic carbocycles. The fourth-order valence-corrected chi connectivity index (χ4v) is 2.89. The van der Waals surface area contributed by atoms with Gasteiger partial charge in [0.1, 0.15) is 0 Å². The molecule has 2 heterocycles. The maximum Gasteiger partial charge on any atom is 0.332 e. The van der Waals surface area contributed by atoms with Gasteiger partial charge >= 0.3 is 5.69 Å². The molecule has 0 atom stereocenters. The monoisotopic (exact) mass is 381 g/mol. The van der Waals surface area contributed by atoms with Crippen LogP contribution >= 0.6 is 0 Å². The lowest BCUT2D eigenvalue weighted by Crippen LogP contribution is -2.37. The summed E-state index contributed by atoms with van der Waals surface area (Å²) < 4.78 is 14.2. The van der Waals surface area contributed by atoms with Crippen molar-refractivity contribution in [2.24, 2.45) is 14.1 Å². The third kappa shape index (κ3) is 4.64. The molecule has 0 radical (unpaired) electrons. The summed E-state index contributed by atoms with van der Waals surface area (Å²) >= 11 is 0. The van der Waals surface area contributed by atoms with E-state index in [1.165, 1.54) is 17.9 Å². The molecular weight excluding hydrogens is 354 g/mol. The van der Waals surface area contributed by atoms with Crippen LogP contribution in [0.1, 0.15) is 12.8 Å². The molecule has 2 aromatic heterocycles. The predicted molar refractivity (Wildman–Crippen MR) is 99.8 cm³/mol. The van der Waals surface area contributed by atoms with Crippen molar-refractivity contribution in [3.8, 4) is 0 Å². The van der Waals surface area contributed by atoms with E-state index in [9.17, 15) is 14.4 Å². The van der Waals surface area contributed by atoms with E-state index in [4.69, 9.17) is 9.47 Å². The Bertz CT molecular complexity index is 889. The van der Waals surface area contributed by atoms with E-state index in [-0.39, 0.29) is 5.91 Å². The first kappa shape index (κ1) is 20.8. The number of rotatable bonds is 10. The summed E-state index contributed by atoms with van der Waals surface area (Å²) in [7, 11) is 6.21. The van der Waals surface area contributed by atoms with E-state index in [0.29, 0.717) is 56.9 Å². The molecule has 10 nitrogen and oxygen atoms in total. The van der Waals surface area contributed by atoms with Crippen LogP contribution < -0.4 is 11.2 Å². The minimum Gasteiger partial charge on any atom is -0.383 e. The normalized spacial score (nSPS) is 11.3. The molecule has 0 aliphatic carbocycles. The molecule has 10 heteroatoms. The number of aryl methyl sites for hydroxylation is 2. The first-order valence-electron chi connectivity index (χ1n) is 8.78. The van der Waals surface area contributed by atoms with Crippen LogP contribution in [-0.2, 0) is 34.9 Å². The molecule has 0 saturated heterocycles. The SMILES string of the molecule is COCCN(CCOC)C(=O)CCCn1cnc2c1c(=O)n(C)c(=O)n2C. The van der Waals surface area contributed by atoms with Crippen LogP contribution in [0.15, 0.2) is 15.9 Å². The van der Waals surface area contributed by atoms with Crippen LogP contribution in [0.25, 0.3) is 11.2 Å². The van der Waals surface area contributed by atoms with Crippen molar-refractivity contribution in [1.29, 1.82) is 0 Å². The molecule has 0 N–H and O–H groups in total. The zero-order chi connectivity index (χ0) is 20.0. The standard InChI is InChI=1S/C17H27N5O5/c1-19-15-14(16(24)20(2)17(19)25)22(12-18-15)7-5-6-13(23)21(8-10-26-3)9-11-27-4/h12H,5-11H2,1-4H3. The summed E-state index contributed by atoms with van der Waals surface area (Å²) in [6.45, 7) is 2.40. The van der Waals surface area contributed by atoms with Crippen molar-refractivity contribution in [2.45, 2.75) is 19.4 Å². The van der Waals surface area contributed by atoms with Crippen molar-refractivity contribution < 1.29 is 14.3 Å². The van der Waals surface area contributed by atoms with Gasteiger partial charge in [-0.05, 0) is 6.42 Å².